The van der Waals surface area contributed by atoms with Crippen molar-refractivity contribution in [2.24, 2.45) is 0 Å². The summed E-state index contributed by atoms with van der Waals surface area (Å²) in [6.07, 6.45) is 2.13. The molecule has 0 bridgehead atoms. The molecule has 0 aliphatic rings. The second-order valence-electron chi connectivity index (χ2n) is 3.61. The first kappa shape index (κ1) is 13.7. The van der Waals surface area contributed by atoms with E-state index in [-0.39, 0.29) is 0 Å². The Kier molecular flexibility index (Phi) is 6.06. The van der Waals surface area contributed by atoms with E-state index in [1.54, 1.807) is 7.11 Å². The Morgan fingerprint density at radius 3 is 2.75 bits per heavy atom. The molecular weight excluding hydrogens is 288 g/mol. The number of halogens is 1. The van der Waals surface area contributed by atoms with Gasteiger partial charge in [0, 0.05) is 22.3 Å². The zero-order valence-electron chi connectivity index (χ0n) is 9.66. The van der Waals surface area contributed by atoms with Crippen molar-refractivity contribution in [3.05, 3.63) is 28.2 Å². The third kappa shape index (κ3) is 4.26. The van der Waals surface area contributed by atoms with E-state index < -0.39 is 10.8 Å². The summed E-state index contributed by atoms with van der Waals surface area (Å²) in [6, 6.07) is 5.84. The van der Waals surface area contributed by atoms with E-state index in [1.807, 2.05) is 18.2 Å². The van der Waals surface area contributed by atoms with Gasteiger partial charge in [0.1, 0.15) is 5.75 Å². The van der Waals surface area contributed by atoms with Crippen LogP contribution in [0, 0.1) is 0 Å². The molecule has 1 rings (SSSR count). The van der Waals surface area contributed by atoms with Crippen LogP contribution in [0.3, 0.4) is 0 Å². The molecule has 0 radical (unpaired) electrons. The molecule has 4 heteroatoms. The Morgan fingerprint density at radius 2 is 2.19 bits per heavy atom. The van der Waals surface area contributed by atoms with Gasteiger partial charge in [-0.15, -0.1) is 0 Å². The molecule has 0 amide bonds. The molecule has 1 aromatic carbocycles. The SMILES string of the molecule is CCCC[S@@](=O)Cc1ccc(OC)c(Br)c1. The number of unbranched alkanes of at least 4 members (excludes halogenated alkanes) is 1. The Labute approximate surface area is 108 Å². The summed E-state index contributed by atoms with van der Waals surface area (Å²) in [7, 11) is 0.889. The lowest BCUT2D eigenvalue weighted by molar-refractivity contribution is 0.412. The van der Waals surface area contributed by atoms with Gasteiger partial charge in [0.2, 0.25) is 0 Å². The highest BCUT2D eigenvalue weighted by molar-refractivity contribution is 9.10. The first-order chi connectivity index (χ1) is 7.67. The predicted octanol–water partition coefficient (Wildman–Crippen LogP) is 3.51. The number of ether oxygens (including phenoxy) is 1. The molecular formula is C12H17BrO2S. The normalized spacial score (nSPS) is 12.4. The summed E-state index contributed by atoms with van der Waals surface area (Å²) in [5, 5.41) is 0. The highest BCUT2D eigenvalue weighted by Crippen LogP contribution is 2.26. The quantitative estimate of drug-likeness (QED) is 0.804. The van der Waals surface area contributed by atoms with Crippen LogP contribution in [0.1, 0.15) is 25.3 Å². The molecule has 0 unspecified atom stereocenters. The van der Waals surface area contributed by atoms with Crippen LogP contribution < -0.4 is 4.74 Å². The molecule has 0 fully saturated rings. The Morgan fingerprint density at radius 1 is 1.44 bits per heavy atom. The minimum Gasteiger partial charge on any atom is -0.496 e. The van der Waals surface area contributed by atoms with Gasteiger partial charge in [0.25, 0.3) is 0 Å². The van der Waals surface area contributed by atoms with Crippen LogP contribution in [-0.2, 0) is 16.6 Å². The first-order valence-electron chi connectivity index (χ1n) is 5.34. The fourth-order valence-corrected chi connectivity index (χ4v) is 3.26. The van der Waals surface area contributed by atoms with Gasteiger partial charge in [-0.3, -0.25) is 4.21 Å². The smallest absolute Gasteiger partial charge is 0.133 e. The lowest BCUT2D eigenvalue weighted by Crippen LogP contribution is -2.01. The van der Waals surface area contributed by atoms with Crippen molar-refractivity contribution in [2.75, 3.05) is 12.9 Å². The van der Waals surface area contributed by atoms with E-state index in [4.69, 9.17) is 4.74 Å². The topological polar surface area (TPSA) is 26.3 Å². The number of hydrogen-bond donors (Lipinski definition) is 0. The minimum atomic E-state index is -0.749. The van der Waals surface area contributed by atoms with Crippen molar-refractivity contribution >= 4 is 26.7 Å². The fraction of sp³-hybridized carbons (Fsp3) is 0.500. The van der Waals surface area contributed by atoms with Crippen molar-refractivity contribution < 1.29 is 8.95 Å². The van der Waals surface area contributed by atoms with Crippen LogP contribution >= 0.6 is 15.9 Å². The maximum atomic E-state index is 11.7. The van der Waals surface area contributed by atoms with E-state index in [9.17, 15) is 4.21 Å². The molecule has 0 aromatic heterocycles. The standard InChI is InChI=1S/C12H17BrO2S/c1-3-4-7-16(14)9-10-5-6-12(15-2)11(13)8-10/h5-6,8H,3-4,7,9H2,1-2H3/t16-/m1/s1. The van der Waals surface area contributed by atoms with Crippen molar-refractivity contribution in [1.29, 1.82) is 0 Å². The lowest BCUT2D eigenvalue weighted by atomic mass is 10.2. The Balaban J connectivity index is 2.61. The molecule has 0 aliphatic heterocycles. The number of rotatable bonds is 6. The van der Waals surface area contributed by atoms with Crippen LogP contribution in [0.5, 0.6) is 5.75 Å². The Hall–Kier alpha value is -0.350. The second-order valence-corrected chi connectivity index (χ2v) is 6.04. The molecule has 0 aliphatic carbocycles. The third-order valence-electron chi connectivity index (χ3n) is 2.27. The van der Waals surface area contributed by atoms with E-state index in [0.29, 0.717) is 5.75 Å². The van der Waals surface area contributed by atoms with Crippen LogP contribution in [0.15, 0.2) is 22.7 Å². The molecule has 0 saturated carbocycles. The number of benzene rings is 1. The van der Waals surface area contributed by atoms with Gasteiger partial charge in [0.15, 0.2) is 0 Å². The predicted molar refractivity (Wildman–Crippen MR) is 72.3 cm³/mol. The van der Waals surface area contributed by atoms with Gasteiger partial charge in [-0.1, -0.05) is 19.4 Å². The molecule has 0 spiro atoms. The van der Waals surface area contributed by atoms with Crippen molar-refractivity contribution in [2.45, 2.75) is 25.5 Å². The fourth-order valence-electron chi connectivity index (χ4n) is 1.36. The summed E-state index contributed by atoms with van der Waals surface area (Å²) in [4.78, 5) is 0. The highest BCUT2D eigenvalue weighted by atomic mass is 79.9. The largest absolute Gasteiger partial charge is 0.496 e. The summed E-state index contributed by atoms with van der Waals surface area (Å²) in [5.41, 5.74) is 1.09. The van der Waals surface area contributed by atoms with E-state index >= 15 is 0 Å². The monoisotopic (exact) mass is 304 g/mol. The zero-order chi connectivity index (χ0) is 12.0. The second kappa shape index (κ2) is 7.07. The van der Waals surface area contributed by atoms with Gasteiger partial charge in [-0.25, -0.2) is 0 Å². The van der Waals surface area contributed by atoms with Crippen molar-refractivity contribution in [3.8, 4) is 5.75 Å². The average Bonchev–Trinajstić information content (AvgIpc) is 2.26. The molecule has 0 heterocycles. The first-order valence-corrected chi connectivity index (χ1v) is 7.63. The van der Waals surface area contributed by atoms with Gasteiger partial charge in [-0.05, 0) is 40.0 Å². The molecule has 16 heavy (non-hydrogen) atoms. The van der Waals surface area contributed by atoms with Crippen LogP contribution in [0.2, 0.25) is 0 Å². The Bertz CT molecular complexity index is 366. The van der Waals surface area contributed by atoms with Gasteiger partial charge < -0.3 is 4.74 Å². The highest BCUT2D eigenvalue weighted by Gasteiger charge is 2.05. The zero-order valence-corrected chi connectivity index (χ0v) is 12.1. The molecule has 0 N–H and O–H groups in total. The van der Waals surface area contributed by atoms with Gasteiger partial charge in [0.05, 0.1) is 11.6 Å². The van der Waals surface area contributed by atoms with E-state index in [2.05, 4.69) is 22.9 Å². The summed E-state index contributed by atoms with van der Waals surface area (Å²) in [5.74, 6) is 2.23. The summed E-state index contributed by atoms with van der Waals surface area (Å²) < 4.78 is 17.8. The number of hydrogen-bond acceptors (Lipinski definition) is 2. The minimum absolute atomic E-state index is 0.628. The van der Waals surface area contributed by atoms with Crippen LogP contribution in [-0.4, -0.2) is 17.1 Å². The maximum Gasteiger partial charge on any atom is 0.133 e. The summed E-state index contributed by atoms with van der Waals surface area (Å²) >= 11 is 3.43. The summed E-state index contributed by atoms with van der Waals surface area (Å²) in [6.45, 7) is 2.11. The van der Waals surface area contributed by atoms with Crippen molar-refractivity contribution in [1.82, 2.24) is 0 Å². The van der Waals surface area contributed by atoms with Gasteiger partial charge >= 0.3 is 0 Å². The molecule has 2 nitrogen and oxygen atoms in total. The lowest BCUT2D eigenvalue weighted by Gasteiger charge is -2.06. The maximum absolute atomic E-state index is 11.7. The molecule has 1 aromatic rings. The van der Waals surface area contributed by atoms with Crippen molar-refractivity contribution in [3.63, 3.8) is 0 Å². The molecule has 0 saturated heterocycles. The van der Waals surface area contributed by atoms with Gasteiger partial charge in [-0.2, -0.15) is 0 Å². The molecule has 90 valence electrons. The van der Waals surface area contributed by atoms with E-state index in [0.717, 1.165) is 34.4 Å². The van der Waals surface area contributed by atoms with Crippen LogP contribution in [0.25, 0.3) is 0 Å². The average molecular weight is 305 g/mol. The molecule has 1 atom stereocenters. The van der Waals surface area contributed by atoms with E-state index in [1.165, 1.54) is 0 Å². The van der Waals surface area contributed by atoms with Crippen LogP contribution in [0.4, 0.5) is 0 Å². The third-order valence-corrected chi connectivity index (χ3v) is 4.29. The number of methoxy groups -OCH3 is 1.